The van der Waals surface area contributed by atoms with Crippen molar-refractivity contribution in [1.29, 1.82) is 0 Å². The first-order valence-electron chi connectivity index (χ1n) is 6.89. The van der Waals surface area contributed by atoms with Crippen LogP contribution in [0.1, 0.15) is 27.3 Å². The summed E-state index contributed by atoms with van der Waals surface area (Å²) in [5.74, 6) is -0.702. The number of sulfonamides is 1. The fraction of sp³-hybridized carbons (Fsp3) is 0.333. The number of hydrogen-bond acceptors (Lipinski definition) is 5. The predicted molar refractivity (Wildman–Crippen MR) is 86.0 cm³/mol. The summed E-state index contributed by atoms with van der Waals surface area (Å²) in [4.78, 5) is 12.0. The molecule has 0 amide bonds. The third-order valence-electron chi connectivity index (χ3n) is 3.57. The van der Waals surface area contributed by atoms with Crippen LogP contribution >= 0.6 is 0 Å². The van der Waals surface area contributed by atoms with E-state index in [0.717, 1.165) is 5.56 Å². The Labute approximate surface area is 135 Å². The number of nitrogens with one attached hydrogen (secondary N) is 1. The number of ether oxygens (including phenoxy) is 1. The van der Waals surface area contributed by atoms with E-state index in [0.29, 0.717) is 11.3 Å². The molecule has 0 saturated carbocycles. The number of anilines is 1. The molecule has 0 aliphatic carbocycles. The molecule has 124 valence electrons. The number of benzene rings is 1. The lowest BCUT2D eigenvalue weighted by atomic mass is 10.2. The number of rotatable bonds is 4. The highest BCUT2D eigenvalue weighted by Gasteiger charge is 2.26. The molecule has 23 heavy (non-hydrogen) atoms. The van der Waals surface area contributed by atoms with Gasteiger partial charge in [0.05, 0.1) is 17.7 Å². The molecule has 1 N–H and O–H groups in total. The lowest BCUT2D eigenvalue weighted by Crippen LogP contribution is -2.17. The van der Waals surface area contributed by atoms with Crippen LogP contribution < -0.4 is 4.72 Å². The lowest BCUT2D eigenvalue weighted by Gasteiger charge is -2.11. The molecule has 1 aromatic heterocycles. The van der Waals surface area contributed by atoms with Crippen molar-refractivity contribution in [3.63, 3.8) is 0 Å². The third kappa shape index (κ3) is 3.21. The molecule has 1 aromatic carbocycles. The van der Waals surface area contributed by atoms with Crippen molar-refractivity contribution in [2.45, 2.75) is 25.7 Å². The summed E-state index contributed by atoms with van der Waals surface area (Å²) in [6.07, 6.45) is 0. The van der Waals surface area contributed by atoms with Gasteiger partial charge in [0.1, 0.15) is 5.69 Å². The second-order valence-electron chi connectivity index (χ2n) is 5.30. The summed E-state index contributed by atoms with van der Waals surface area (Å²) < 4.78 is 33.9. The summed E-state index contributed by atoms with van der Waals surface area (Å²) in [5, 5.41) is 4.01. The average molecular weight is 337 g/mol. The van der Waals surface area contributed by atoms with Gasteiger partial charge in [0.25, 0.3) is 10.0 Å². The zero-order valence-corrected chi connectivity index (χ0v) is 14.5. The van der Waals surface area contributed by atoms with Gasteiger partial charge in [-0.05, 0) is 32.4 Å². The van der Waals surface area contributed by atoms with E-state index < -0.39 is 16.0 Å². The van der Waals surface area contributed by atoms with E-state index in [1.807, 2.05) is 6.92 Å². The fourth-order valence-corrected chi connectivity index (χ4v) is 3.61. The molecular formula is C15H19N3O4S. The number of hydrogen-bond donors (Lipinski definition) is 1. The van der Waals surface area contributed by atoms with Gasteiger partial charge in [-0.1, -0.05) is 17.7 Å². The molecule has 0 unspecified atom stereocenters. The van der Waals surface area contributed by atoms with Gasteiger partial charge >= 0.3 is 5.97 Å². The monoisotopic (exact) mass is 337 g/mol. The predicted octanol–water partition coefficient (Wildman–Crippen LogP) is 1.93. The Balaban J connectivity index is 2.51. The number of nitrogens with zero attached hydrogens (tertiary/aromatic N) is 2. The van der Waals surface area contributed by atoms with Crippen LogP contribution in [0, 0.1) is 20.8 Å². The molecular weight excluding hydrogens is 318 g/mol. The van der Waals surface area contributed by atoms with E-state index in [4.69, 9.17) is 0 Å². The maximum absolute atomic E-state index is 12.7. The summed E-state index contributed by atoms with van der Waals surface area (Å²) in [7, 11) is -1.01. The topological polar surface area (TPSA) is 90.3 Å². The van der Waals surface area contributed by atoms with Gasteiger partial charge < -0.3 is 4.74 Å². The largest absolute Gasteiger partial charge is 0.464 e. The minimum atomic E-state index is -3.85. The third-order valence-corrected chi connectivity index (χ3v) is 5.08. The Kier molecular flexibility index (Phi) is 4.46. The molecule has 1 heterocycles. The van der Waals surface area contributed by atoms with Gasteiger partial charge in [-0.2, -0.15) is 5.10 Å². The van der Waals surface area contributed by atoms with E-state index in [1.165, 1.54) is 17.9 Å². The molecule has 0 bridgehead atoms. The van der Waals surface area contributed by atoms with Crippen molar-refractivity contribution in [2.75, 3.05) is 11.8 Å². The molecule has 0 radical (unpaired) electrons. The van der Waals surface area contributed by atoms with Crippen LogP contribution in [-0.4, -0.2) is 31.3 Å². The fourth-order valence-electron chi connectivity index (χ4n) is 2.26. The Morgan fingerprint density at radius 3 is 2.48 bits per heavy atom. The van der Waals surface area contributed by atoms with Crippen LogP contribution in [0.2, 0.25) is 0 Å². The molecule has 0 spiro atoms. The van der Waals surface area contributed by atoms with Crippen molar-refractivity contribution in [2.24, 2.45) is 7.05 Å². The van der Waals surface area contributed by atoms with Gasteiger partial charge in [0, 0.05) is 7.05 Å². The Morgan fingerprint density at radius 1 is 1.26 bits per heavy atom. The normalized spacial score (nSPS) is 11.3. The Morgan fingerprint density at radius 2 is 1.91 bits per heavy atom. The molecule has 0 saturated heterocycles. The second kappa shape index (κ2) is 6.04. The van der Waals surface area contributed by atoms with Crippen molar-refractivity contribution in [3.05, 3.63) is 40.7 Å². The van der Waals surface area contributed by atoms with Crippen molar-refractivity contribution >= 4 is 21.7 Å². The van der Waals surface area contributed by atoms with Crippen LogP contribution in [0.4, 0.5) is 5.69 Å². The summed E-state index contributed by atoms with van der Waals surface area (Å²) >= 11 is 0. The number of carbonyl (C=O) groups excluding carboxylic acids is 1. The molecule has 2 rings (SSSR count). The van der Waals surface area contributed by atoms with E-state index in [-0.39, 0.29) is 16.3 Å². The van der Waals surface area contributed by atoms with E-state index >= 15 is 0 Å². The second-order valence-corrected chi connectivity index (χ2v) is 6.95. The average Bonchev–Trinajstić information content (AvgIpc) is 2.74. The van der Waals surface area contributed by atoms with Crippen molar-refractivity contribution < 1.29 is 17.9 Å². The Hall–Kier alpha value is -2.35. The minimum absolute atomic E-state index is 0.0687. The maximum Gasteiger partial charge on any atom is 0.360 e. The smallest absolute Gasteiger partial charge is 0.360 e. The molecule has 0 aliphatic rings. The van der Waals surface area contributed by atoms with Gasteiger partial charge in [-0.15, -0.1) is 0 Å². The zero-order valence-electron chi connectivity index (χ0n) is 13.7. The first-order valence-corrected chi connectivity index (χ1v) is 8.37. The SMILES string of the molecule is COC(=O)c1nn(C)c(C)c1NS(=O)(=O)c1ccc(C)cc1C. The summed E-state index contributed by atoms with van der Waals surface area (Å²) in [5.41, 5.74) is 2.16. The van der Waals surface area contributed by atoms with Crippen molar-refractivity contribution in [1.82, 2.24) is 9.78 Å². The zero-order chi connectivity index (χ0) is 17.4. The first-order chi connectivity index (χ1) is 10.7. The number of aryl methyl sites for hydroxylation is 3. The van der Waals surface area contributed by atoms with Gasteiger partial charge in [-0.3, -0.25) is 9.40 Å². The van der Waals surface area contributed by atoms with Crippen LogP contribution in [-0.2, 0) is 21.8 Å². The number of aromatic nitrogens is 2. The van der Waals surface area contributed by atoms with E-state index in [2.05, 4.69) is 14.6 Å². The molecule has 0 aliphatic heterocycles. The van der Waals surface area contributed by atoms with Crippen LogP contribution in [0.15, 0.2) is 23.1 Å². The summed E-state index contributed by atoms with van der Waals surface area (Å²) in [6, 6.07) is 5.04. The number of esters is 1. The van der Waals surface area contributed by atoms with Gasteiger partial charge in [-0.25, -0.2) is 13.2 Å². The van der Waals surface area contributed by atoms with Crippen LogP contribution in [0.25, 0.3) is 0 Å². The van der Waals surface area contributed by atoms with E-state index in [9.17, 15) is 13.2 Å². The highest BCUT2D eigenvalue weighted by molar-refractivity contribution is 7.92. The minimum Gasteiger partial charge on any atom is -0.464 e. The van der Waals surface area contributed by atoms with E-state index in [1.54, 1.807) is 33.0 Å². The van der Waals surface area contributed by atoms with Gasteiger partial charge in [0.15, 0.2) is 5.69 Å². The van der Waals surface area contributed by atoms with Crippen LogP contribution in [0.5, 0.6) is 0 Å². The van der Waals surface area contributed by atoms with Crippen molar-refractivity contribution in [3.8, 4) is 0 Å². The molecule has 0 fully saturated rings. The standard InChI is InChI=1S/C15H19N3O4S/c1-9-6-7-12(10(2)8-9)23(20,21)17-13-11(3)18(4)16-14(13)15(19)22-5/h6-8,17H,1-5H3. The first kappa shape index (κ1) is 17.0. The summed E-state index contributed by atoms with van der Waals surface area (Å²) in [6.45, 7) is 5.27. The molecule has 0 atom stereocenters. The molecule has 7 nitrogen and oxygen atoms in total. The Bertz CT molecular complexity index is 869. The maximum atomic E-state index is 12.7. The quantitative estimate of drug-likeness (QED) is 0.861. The van der Waals surface area contributed by atoms with Gasteiger partial charge in [0.2, 0.25) is 0 Å². The lowest BCUT2D eigenvalue weighted by molar-refractivity contribution is 0.0594. The number of methoxy groups -OCH3 is 1. The molecule has 8 heteroatoms. The molecule has 2 aromatic rings. The van der Waals surface area contributed by atoms with Crippen LogP contribution in [0.3, 0.4) is 0 Å². The number of carbonyl (C=O) groups is 1. The highest BCUT2D eigenvalue weighted by atomic mass is 32.2. The highest BCUT2D eigenvalue weighted by Crippen LogP contribution is 2.25.